The van der Waals surface area contributed by atoms with E-state index >= 15 is 0 Å². The van der Waals surface area contributed by atoms with Gasteiger partial charge in [0.25, 0.3) is 0 Å². The van der Waals surface area contributed by atoms with Gasteiger partial charge in [0.2, 0.25) is 0 Å². The van der Waals surface area contributed by atoms with Crippen molar-refractivity contribution in [2.75, 3.05) is 0 Å². The van der Waals surface area contributed by atoms with E-state index in [2.05, 4.69) is 15.8 Å². The number of hydrogen-bond donors (Lipinski definition) is 4. The Morgan fingerprint density at radius 3 is 2.62 bits per heavy atom. The first kappa shape index (κ1) is 16.5. The molecule has 1 aromatic rings. The molecule has 116 valence electrons. The number of carbonyl (C=O) groups excluding carboxylic acids is 1. The van der Waals surface area contributed by atoms with Crippen molar-refractivity contribution in [2.45, 2.75) is 38.8 Å². The number of hydrogen-bond acceptors (Lipinski definition) is 5. The van der Waals surface area contributed by atoms with Crippen molar-refractivity contribution in [3.05, 3.63) is 17.5 Å². The molecule has 0 aliphatic carbocycles. The number of carboxylic acid groups (broad SMARTS) is 2. The predicted molar refractivity (Wildman–Crippen MR) is 69.5 cm³/mol. The van der Waals surface area contributed by atoms with Gasteiger partial charge in [-0.25, -0.2) is 9.59 Å². The molecule has 0 aliphatic heterocycles. The maximum atomic E-state index is 11.6. The van der Waals surface area contributed by atoms with E-state index < -0.39 is 24.0 Å². The SMILES string of the molecule is Cc1cc(CNC(=O)N[C@H](CCCC(=O)O)C(=O)O)on1. The Hall–Kier alpha value is -2.58. The minimum absolute atomic E-state index is 0.0382. The molecule has 0 aromatic carbocycles. The molecule has 0 aliphatic rings. The Labute approximate surface area is 120 Å². The molecule has 2 amide bonds. The highest BCUT2D eigenvalue weighted by atomic mass is 16.5. The first-order chi connectivity index (χ1) is 9.88. The van der Waals surface area contributed by atoms with E-state index in [1.807, 2.05) is 0 Å². The highest BCUT2D eigenvalue weighted by molar-refractivity contribution is 5.82. The zero-order chi connectivity index (χ0) is 15.8. The molecule has 1 aromatic heterocycles. The number of amides is 2. The largest absolute Gasteiger partial charge is 0.481 e. The minimum atomic E-state index is -1.22. The van der Waals surface area contributed by atoms with Gasteiger partial charge in [0.05, 0.1) is 12.2 Å². The summed E-state index contributed by atoms with van der Waals surface area (Å²) >= 11 is 0. The van der Waals surface area contributed by atoms with E-state index in [0.717, 1.165) is 0 Å². The Balaban J connectivity index is 2.37. The fourth-order valence-corrected chi connectivity index (χ4v) is 1.59. The lowest BCUT2D eigenvalue weighted by atomic mass is 10.1. The van der Waals surface area contributed by atoms with Crippen LogP contribution in [0.3, 0.4) is 0 Å². The Morgan fingerprint density at radius 2 is 2.10 bits per heavy atom. The van der Waals surface area contributed by atoms with Gasteiger partial charge in [-0.2, -0.15) is 0 Å². The van der Waals surface area contributed by atoms with E-state index in [-0.39, 0.29) is 25.8 Å². The normalized spacial score (nSPS) is 11.7. The van der Waals surface area contributed by atoms with Crippen molar-refractivity contribution >= 4 is 18.0 Å². The molecule has 9 heteroatoms. The molecule has 0 saturated heterocycles. The smallest absolute Gasteiger partial charge is 0.326 e. The van der Waals surface area contributed by atoms with Gasteiger partial charge in [0, 0.05) is 12.5 Å². The minimum Gasteiger partial charge on any atom is -0.481 e. The van der Waals surface area contributed by atoms with Crippen LogP contribution in [0.1, 0.15) is 30.7 Å². The predicted octanol–water partition coefficient (Wildman–Crippen LogP) is 0.490. The zero-order valence-corrected chi connectivity index (χ0v) is 11.5. The summed E-state index contributed by atoms with van der Waals surface area (Å²) in [6.07, 6.45) is 0.0504. The van der Waals surface area contributed by atoms with Gasteiger partial charge in [-0.3, -0.25) is 4.79 Å². The van der Waals surface area contributed by atoms with Crippen LogP contribution in [0, 0.1) is 6.92 Å². The summed E-state index contributed by atoms with van der Waals surface area (Å²) < 4.78 is 4.88. The topological polar surface area (TPSA) is 142 Å². The second-order valence-electron chi connectivity index (χ2n) is 4.44. The standard InChI is InChI=1S/C12H17N3O6/c1-7-5-8(21-15-7)6-13-12(20)14-9(11(18)19)3-2-4-10(16)17/h5,9H,2-4,6H2,1H3,(H,16,17)(H,18,19)(H2,13,14,20)/t9-/m1/s1. The summed E-state index contributed by atoms with van der Waals surface area (Å²) in [5.74, 6) is -1.78. The van der Waals surface area contributed by atoms with E-state index in [9.17, 15) is 14.4 Å². The zero-order valence-electron chi connectivity index (χ0n) is 11.5. The molecule has 0 radical (unpaired) electrons. The lowest BCUT2D eigenvalue weighted by Crippen LogP contribution is -2.45. The molecular weight excluding hydrogens is 282 g/mol. The van der Waals surface area contributed by atoms with Crippen molar-refractivity contribution in [2.24, 2.45) is 0 Å². The molecule has 1 atom stereocenters. The van der Waals surface area contributed by atoms with Crippen LogP contribution in [0.2, 0.25) is 0 Å². The van der Waals surface area contributed by atoms with Crippen LogP contribution in [0.15, 0.2) is 10.6 Å². The third kappa shape index (κ3) is 6.41. The number of rotatable bonds is 8. The number of nitrogens with zero attached hydrogens (tertiary/aromatic N) is 1. The van der Waals surface area contributed by atoms with Crippen LogP contribution in [0.5, 0.6) is 0 Å². The third-order valence-electron chi connectivity index (χ3n) is 2.59. The number of carboxylic acids is 2. The van der Waals surface area contributed by atoms with E-state index in [4.69, 9.17) is 14.7 Å². The lowest BCUT2D eigenvalue weighted by Gasteiger charge is -2.14. The van der Waals surface area contributed by atoms with Gasteiger partial charge >= 0.3 is 18.0 Å². The number of carbonyl (C=O) groups is 3. The van der Waals surface area contributed by atoms with Gasteiger partial charge in [0.1, 0.15) is 6.04 Å². The molecule has 0 unspecified atom stereocenters. The van der Waals surface area contributed by atoms with Crippen LogP contribution < -0.4 is 10.6 Å². The first-order valence-corrected chi connectivity index (χ1v) is 6.29. The quantitative estimate of drug-likeness (QED) is 0.547. The highest BCUT2D eigenvalue weighted by Gasteiger charge is 2.20. The van der Waals surface area contributed by atoms with Crippen molar-refractivity contribution in [3.8, 4) is 0 Å². The monoisotopic (exact) mass is 299 g/mol. The molecule has 9 nitrogen and oxygen atoms in total. The van der Waals surface area contributed by atoms with Crippen LogP contribution >= 0.6 is 0 Å². The number of nitrogens with one attached hydrogen (secondary N) is 2. The van der Waals surface area contributed by atoms with Gasteiger partial charge in [-0.1, -0.05) is 5.16 Å². The van der Waals surface area contributed by atoms with Crippen molar-refractivity contribution in [1.29, 1.82) is 0 Å². The number of urea groups is 1. The summed E-state index contributed by atoms with van der Waals surface area (Å²) in [4.78, 5) is 32.9. The summed E-state index contributed by atoms with van der Waals surface area (Å²) in [5.41, 5.74) is 0.671. The number of aryl methyl sites for hydroxylation is 1. The summed E-state index contributed by atoms with van der Waals surface area (Å²) in [7, 11) is 0. The maximum Gasteiger partial charge on any atom is 0.326 e. The third-order valence-corrected chi connectivity index (χ3v) is 2.59. The average molecular weight is 299 g/mol. The average Bonchev–Trinajstić information content (AvgIpc) is 2.80. The summed E-state index contributed by atoms with van der Waals surface area (Å²) in [6, 6.07) is -0.172. The van der Waals surface area contributed by atoms with Crippen LogP contribution in [0.25, 0.3) is 0 Å². The van der Waals surface area contributed by atoms with Crippen molar-refractivity contribution in [1.82, 2.24) is 15.8 Å². The molecule has 1 heterocycles. The fraction of sp³-hybridized carbons (Fsp3) is 0.500. The molecule has 21 heavy (non-hydrogen) atoms. The van der Waals surface area contributed by atoms with Crippen molar-refractivity contribution in [3.63, 3.8) is 0 Å². The van der Waals surface area contributed by atoms with Gasteiger partial charge in [-0.05, 0) is 19.8 Å². The number of aromatic nitrogens is 1. The molecule has 0 fully saturated rings. The molecule has 0 spiro atoms. The van der Waals surface area contributed by atoms with Gasteiger partial charge < -0.3 is 25.4 Å². The van der Waals surface area contributed by atoms with Gasteiger partial charge in [-0.15, -0.1) is 0 Å². The molecule has 0 saturated carbocycles. The second kappa shape index (κ2) is 7.88. The molecular formula is C12H17N3O6. The van der Waals surface area contributed by atoms with Crippen LogP contribution in [0.4, 0.5) is 4.79 Å². The molecule has 0 bridgehead atoms. The highest BCUT2D eigenvalue weighted by Crippen LogP contribution is 2.03. The summed E-state index contributed by atoms with van der Waals surface area (Å²) in [5, 5.41) is 25.8. The fourth-order valence-electron chi connectivity index (χ4n) is 1.59. The second-order valence-corrected chi connectivity index (χ2v) is 4.44. The van der Waals surface area contributed by atoms with Gasteiger partial charge in [0.15, 0.2) is 5.76 Å². The number of aliphatic carboxylic acids is 2. The molecule has 4 N–H and O–H groups in total. The van der Waals surface area contributed by atoms with Crippen LogP contribution in [-0.2, 0) is 16.1 Å². The summed E-state index contributed by atoms with van der Waals surface area (Å²) in [6.45, 7) is 1.81. The van der Waals surface area contributed by atoms with Crippen LogP contribution in [-0.4, -0.2) is 39.4 Å². The van der Waals surface area contributed by atoms with E-state index in [1.54, 1.807) is 13.0 Å². The maximum absolute atomic E-state index is 11.6. The van der Waals surface area contributed by atoms with E-state index in [1.165, 1.54) is 0 Å². The Kier molecular flexibility index (Phi) is 6.18. The molecule has 1 rings (SSSR count). The van der Waals surface area contributed by atoms with Crippen molar-refractivity contribution < 1.29 is 29.1 Å². The first-order valence-electron chi connectivity index (χ1n) is 6.29. The van der Waals surface area contributed by atoms with E-state index in [0.29, 0.717) is 11.5 Å². The lowest BCUT2D eigenvalue weighted by molar-refractivity contribution is -0.140. The Bertz CT molecular complexity index is 513. The Morgan fingerprint density at radius 1 is 1.38 bits per heavy atom.